The number of aliphatic hydroxyl groups excluding tert-OH is 6. The van der Waals surface area contributed by atoms with E-state index in [4.69, 9.17) is 53.0 Å². The Morgan fingerprint density at radius 2 is 1.06 bits per heavy atom. The molecule has 3 aliphatic heterocycles. The molecule has 3 fully saturated rings. The van der Waals surface area contributed by atoms with Crippen molar-refractivity contribution in [3.05, 3.63) is 195 Å². The lowest BCUT2D eigenvalue weighted by Gasteiger charge is -2.48. The van der Waals surface area contributed by atoms with Crippen LogP contribution in [-0.4, -0.2) is 211 Å². The second kappa shape index (κ2) is 47.1. The molecule has 29 nitrogen and oxygen atoms in total. The van der Waals surface area contributed by atoms with Crippen LogP contribution >= 0.6 is 55.7 Å². The van der Waals surface area contributed by atoms with E-state index >= 15 is 0 Å². The smallest absolute Gasteiger partial charge is 0.494 e. The topological polar surface area (TPSA) is 447 Å². The number of phenolic OH excluding ortho intramolecular Hbond substituents is 1. The Balaban J connectivity index is 0.000000390. The lowest BCUT2D eigenvalue weighted by atomic mass is 9.77. The average molecular weight is 1880 g/mol. The molecule has 0 radical (unpaired) electrons. The van der Waals surface area contributed by atoms with Gasteiger partial charge in [0.15, 0.2) is 0 Å². The second-order valence-corrected chi connectivity index (χ2v) is 38.5. The predicted octanol–water partition coefficient (Wildman–Crippen LogP) is 8.95. The molecule has 7 atom stereocenters. The predicted molar refractivity (Wildman–Crippen MR) is 473 cm³/mol. The van der Waals surface area contributed by atoms with Gasteiger partial charge in [0.2, 0.25) is 11.8 Å². The first-order valence-corrected chi connectivity index (χ1v) is 43.8. The summed E-state index contributed by atoms with van der Waals surface area (Å²) in [7, 11) is -3.44. The molecule has 0 aromatic heterocycles. The van der Waals surface area contributed by atoms with Crippen molar-refractivity contribution in [2.45, 2.75) is 193 Å². The molecule has 0 unspecified atom stereocenters. The van der Waals surface area contributed by atoms with Crippen molar-refractivity contribution in [2.24, 2.45) is 5.92 Å². The number of hydrogen-bond donors (Lipinski definition) is 14. The van der Waals surface area contributed by atoms with Crippen LogP contribution in [0.25, 0.3) is 11.1 Å². The highest BCUT2D eigenvalue weighted by atomic mass is 79.9. The molecule has 3 aliphatic rings. The summed E-state index contributed by atoms with van der Waals surface area (Å²) < 4.78 is 87.2. The lowest BCUT2D eigenvalue weighted by Crippen LogP contribution is -2.55. The fraction of sp³-hybridized carbons (Fsp3) is 0.458. The summed E-state index contributed by atoms with van der Waals surface area (Å²) in [5.41, 5.74) is 2.36. The van der Waals surface area contributed by atoms with Gasteiger partial charge < -0.3 is 117 Å². The van der Waals surface area contributed by atoms with Gasteiger partial charge in [-0.3, -0.25) is 23.5 Å². The van der Waals surface area contributed by atoms with E-state index in [1.165, 1.54) is 73.7 Å². The Hall–Kier alpha value is -5.92. The maximum atomic E-state index is 13.8. The molecule has 0 aliphatic carbocycles. The highest BCUT2D eigenvalue weighted by molar-refractivity contribution is 9.10. The third-order valence-electron chi connectivity index (χ3n) is 20.9. The third-order valence-corrected chi connectivity index (χ3v) is 25.7. The van der Waals surface area contributed by atoms with Crippen LogP contribution in [0.1, 0.15) is 145 Å². The number of aryl methyl sites for hydroxylation is 1. The summed E-state index contributed by atoms with van der Waals surface area (Å²) in [4.78, 5) is 59.0. The van der Waals surface area contributed by atoms with Gasteiger partial charge in [-0.15, -0.1) is 0 Å². The summed E-state index contributed by atoms with van der Waals surface area (Å²) in [6, 6.07) is 44.0. The molecule has 2 amide bonds. The molecule has 7 aromatic rings. The number of β-lactam (4-membered cyclic amide) rings is 1. The number of ketones is 1. The van der Waals surface area contributed by atoms with E-state index in [9.17, 15) is 68.3 Å². The zero-order chi connectivity index (χ0) is 90.4. The van der Waals surface area contributed by atoms with Crippen molar-refractivity contribution in [3.8, 4) is 16.9 Å². The second-order valence-electron chi connectivity index (χ2n) is 31.2. The molecule has 3 heterocycles. The Bertz CT molecular complexity index is 4420. The molecule has 0 spiro atoms. The largest absolute Gasteiger partial charge is 0.508 e. The number of aliphatic hydroxyl groups is 8. The Morgan fingerprint density at radius 1 is 0.628 bits per heavy atom. The Morgan fingerprint density at radius 3 is 1.46 bits per heavy atom. The number of amides is 2. The van der Waals surface area contributed by atoms with Crippen LogP contribution in [0.15, 0.2) is 173 Å². The molecular weight excluding hydrogens is 1760 g/mol. The summed E-state index contributed by atoms with van der Waals surface area (Å²) in [5, 5.41) is 108. The van der Waals surface area contributed by atoms with E-state index in [0.29, 0.717) is 44.3 Å². The molecule has 0 bridgehead atoms. The van der Waals surface area contributed by atoms with E-state index in [0.717, 1.165) is 19.9 Å². The zero-order valence-electron chi connectivity index (χ0n) is 70.3. The maximum Gasteiger partial charge on any atom is 0.494 e. The van der Waals surface area contributed by atoms with Crippen LogP contribution in [0.4, 0.5) is 10.1 Å². The average Bonchev–Trinajstić information content (AvgIpc) is 1.63. The molecule has 666 valence electrons. The number of aromatic hydroxyl groups is 1. The molecule has 0 saturated carbocycles. The van der Waals surface area contributed by atoms with Crippen molar-refractivity contribution in [3.63, 3.8) is 0 Å². The minimum atomic E-state index is -4.45. The monoisotopic (exact) mass is 1880 g/mol. The van der Waals surface area contributed by atoms with Crippen molar-refractivity contribution in [1.82, 2.24) is 5.32 Å². The van der Waals surface area contributed by atoms with Crippen LogP contribution in [0.2, 0.25) is 0 Å². The number of phenols is 1. The summed E-state index contributed by atoms with van der Waals surface area (Å²) in [5.74, 6) is -2.66. The summed E-state index contributed by atoms with van der Waals surface area (Å²) in [6.45, 7) is 21.2. The number of anilines is 1. The Kier molecular flexibility index (Phi) is 41.8. The van der Waals surface area contributed by atoms with Gasteiger partial charge in [-0.05, 0) is 220 Å². The number of Topliss-reactive ketones (excluding diaryl/α,β-unsaturated/α-hetero) is 1. The van der Waals surface area contributed by atoms with Gasteiger partial charge in [-0.2, -0.15) is 0 Å². The zero-order valence-corrected chi connectivity index (χ0v) is 76.1. The number of nitrogens with one attached hydrogen (secondary N) is 1. The molecule has 7 aromatic carbocycles. The highest BCUT2D eigenvalue weighted by Crippen LogP contribution is 2.50. The van der Waals surface area contributed by atoms with Crippen LogP contribution in [-0.2, 0) is 71.2 Å². The number of carbonyl (C=O) groups excluding carboxylic acids is 3. The number of hydrogen-bond acceptors (Lipinski definition) is 25. The summed E-state index contributed by atoms with van der Waals surface area (Å²) >= 11 is 6.65. The molecular formula is C83H117B3Br2FN2O27P3. The normalized spacial score (nSPS) is 17.6. The fourth-order valence-corrected chi connectivity index (χ4v) is 14.0. The maximum absolute atomic E-state index is 13.8. The first-order chi connectivity index (χ1) is 55.7. The molecule has 38 heteroatoms. The van der Waals surface area contributed by atoms with Gasteiger partial charge in [0.25, 0.3) is 0 Å². The van der Waals surface area contributed by atoms with E-state index in [2.05, 4.69) is 78.4 Å². The number of nitrogens with zero attached hydrogens (tertiary/aromatic N) is 1. The molecule has 121 heavy (non-hydrogen) atoms. The number of halogens is 3. The quantitative estimate of drug-likeness (QED) is 0.00899. The van der Waals surface area contributed by atoms with Crippen LogP contribution in [0, 0.1) is 11.7 Å². The van der Waals surface area contributed by atoms with Gasteiger partial charge in [0.05, 0.1) is 81.4 Å². The van der Waals surface area contributed by atoms with Crippen molar-refractivity contribution < 1.29 is 135 Å². The first kappa shape index (κ1) is 107. The standard InChI is InChI=1S/C41H46FN2O13P.C14H22BO5P.C12H16BBrO2.C6H6BBrO2.C6H14O2.C3H9O3P.CH4/c42-27-9-4-25(5-10-27)33(47)18-17-32-38(31-16-8-26(19-34(31)48)24-6-14-30(15-7-24)58(55,56)57)44(41(32)54)28-11-1-23(2-12-28)3-13-29(46)20-37(51)43-21-35(49)39(52)40(53)36(50)22-45;1-13(2)14(3,4)20-15(19-13)11-7-9-12(10-8-11)21(16,17-5)18-6;1-11(2)12(3,4)16-13(15-11)9-5-7-10(14)8-6-9;8-6-3-1-5(2-4-6)7(9)10;1-5(2,7)6(3,4)8;1-4-7(5-2)6-3;/h1-2,4-12,14-16,19,32-33,35-36,38-40,45,47-50,52-53H,3,13,17-18,20-22H2,(H,43,51)(H2,55,56,57);7-10H,1-6H3;5-8H,1-4H3;1-4,9-10H;7-8H,1-4H3;1-3H3;1H4/t32-,33+,35+,36-,38-,39-,40-;;;;;;/m1....../s1. The van der Waals surface area contributed by atoms with Gasteiger partial charge in [-0.25, -0.2) is 4.39 Å². The summed E-state index contributed by atoms with van der Waals surface area (Å²) in [6.07, 6.45) is -7.99. The SMILES string of the molecule is C.CC(C)(O)C(C)(C)O.CC1(C)OB(c2ccc(Br)cc2)OC1(C)C.COP(=O)(OC)c1ccc(B2OC(C)(C)C(C)(C)O2)cc1.COP(OC)OC.O=C(CCc1ccc(N2C(=O)[C@H](CC[C@H](O)c3ccc(F)cc3)[C@H]2c2ccc(-c3ccc(P(=O)(O)O)cc3)cc2O)cc1)CC(=O)NC[C@H](O)[C@@H](O)[C@H](O)[C@H](O)CO.OB(O)c1ccc(Br)cc1. The van der Waals surface area contributed by atoms with Gasteiger partial charge in [0, 0.05) is 68.7 Å². The molecule has 10 rings (SSSR count). The highest BCUT2D eigenvalue weighted by Gasteiger charge is 2.54. The fourth-order valence-electron chi connectivity index (χ4n) is 11.4. The van der Waals surface area contributed by atoms with Gasteiger partial charge in [-0.1, -0.05) is 124 Å². The minimum Gasteiger partial charge on any atom is -0.508 e. The van der Waals surface area contributed by atoms with Crippen molar-refractivity contribution >= 4 is 127 Å². The van der Waals surface area contributed by atoms with E-state index in [-0.39, 0.29) is 79.6 Å². The minimum absolute atomic E-state index is 0. The van der Waals surface area contributed by atoms with E-state index in [1.807, 2.05) is 64.1 Å². The first-order valence-electron chi connectivity index (χ1n) is 38.0. The lowest BCUT2D eigenvalue weighted by molar-refractivity contribution is -0.131. The number of benzene rings is 7. The van der Waals surface area contributed by atoms with Crippen molar-refractivity contribution in [1.29, 1.82) is 0 Å². The van der Waals surface area contributed by atoms with Gasteiger partial charge in [0.1, 0.15) is 35.7 Å². The number of carbonyl (C=O) groups is 3. The molecule has 3 saturated heterocycles. The van der Waals surface area contributed by atoms with Crippen LogP contribution < -0.4 is 37.2 Å². The third kappa shape index (κ3) is 31.0. The molecule has 14 N–H and O–H groups in total. The van der Waals surface area contributed by atoms with Gasteiger partial charge >= 0.3 is 45.1 Å². The Labute approximate surface area is 727 Å². The van der Waals surface area contributed by atoms with Crippen LogP contribution in [0.5, 0.6) is 5.75 Å². The van der Waals surface area contributed by atoms with E-state index < -0.39 is 129 Å². The van der Waals surface area contributed by atoms with E-state index in [1.54, 1.807) is 122 Å². The van der Waals surface area contributed by atoms with Crippen molar-refractivity contribution in [2.75, 3.05) is 53.6 Å². The number of rotatable bonds is 29. The van der Waals surface area contributed by atoms with Crippen LogP contribution in [0.3, 0.4) is 0 Å².